The van der Waals surface area contributed by atoms with Gasteiger partial charge in [-0.05, 0) is 49.2 Å². The Balaban J connectivity index is 0. The van der Waals surface area contributed by atoms with Crippen LogP contribution in [0.1, 0.15) is 11.1 Å². The Labute approximate surface area is 147 Å². The lowest BCUT2D eigenvalue weighted by Gasteiger charge is -1.96. The van der Waals surface area contributed by atoms with Crippen molar-refractivity contribution in [2.24, 2.45) is 0 Å². The fraction of sp³-hybridized carbons (Fsp3) is 0.143. The van der Waals surface area contributed by atoms with Gasteiger partial charge in [0.2, 0.25) is 5.39 Å². The molecule has 0 aliphatic carbocycles. The van der Waals surface area contributed by atoms with Crippen LogP contribution in [0.25, 0.3) is 4.98 Å². The molecule has 10 heteroatoms. The van der Waals surface area contributed by atoms with Crippen LogP contribution in [0.2, 0.25) is 10.0 Å². The van der Waals surface area contributed by atoms with E-state index >= 15 is 0 Å². The number of hydrogen-bond donors (Lipinski definition) is 1. The average molecular weight is 382 g/mol. The molecule has 0 saturated heterocycles. The van der Waals surface area contributed by atoms with Gasteiger partial charge in [0.05, 0.1) is 0 Å². The first-order chi connectivity index (χ1) is 10.7. The van der Waals surface area contributed by atoms with Crippen LogP contribution >= 0.6 is 23.2 Å². The molecule has 0 bridgehead atoms. The number of diazo groups is 1. The van der Waals surface area contributed by atoms with Crippen molar-refractivity contribution in [3.8, 4) is 0 Å². The summed E-state index contributed by atoms with van der Waals surface area (Å²) in [7, 11) is -3.67. The van der Waals surface area contributed by atoms with Crippen LogP contribution in [0.15, 0.2) is 36.4 Å². The zero-order chi connectivity index (χ0) is 18.0. The van der Waals surface area contributed by atoms with Crippen molar-refractivity contribution in [2.45, 2.75) is 13.8 Å². The fourth-order valence-electron chi connectivity index (χ4n) is 1.36. The molecule has 0 atom stereocenters. The number of halogens is 6. The lowest BCUT2D eigenvalue weighted by molar-refractivity contribution is -0.00000772. The number of nitrogens with two attached hydrogens (primary N) is 1. The third kappa shape index (κ3) is 10.7. The van der Waals surface area contributed by atoms with Gasteiger partial charge < -0.3 is 10.4 Å². The highest BCUT2D eigenvalue weighted by atomic mass is 35.5. The van der Waals surface area contributed by atoms with E-state index in [1.54, 1.807) is 30.3 Å². The Hall–Kier alpha value is -1.98. The van der Waals surface area contributed by atoms with E-state index in [-0.39, 0.29) is 4.70 Å². The quantitative estimate of drug-likeness (QED) is 0.329. The van der Waals surface area contributed by atoms with Gasteiger partial charge in [-0.2, -0.15) is 0 Å². The number of anilines is 1. The molecule has 0 fully saturated rings. The van der Waals surface area contributed by atoms with Gasteiger partial charge in [-0.3, -0.25) is 12.9 Å². The average Bonchev–Trinajstić information content (AvgIpc) is 2.46. The number of rotatable bonds is 0. The molecule has 2 aromatic rings. The first kappa shape index (κ1) is 24.3. The van der Waals surface area contributed by atoms with Crippen LogP contribution in [0, 0.1) is 19.2 Å². The van der Waals surface area contributed by atoms with E-state index in [0.717, 1.165) is 21.8 Å². The van der Waals surface area contributed by atoms with Gasteiger partial charge in [-0.1, -0.05) is 23.2 Å². The van der Waals surface area contributed by atoms with Crippen molar-refractivity contribution in [3.05, 3.63) is 62.5 Å². The summed E-state index contributed by atoms with van der Waals surface area (Å²) in [5, 5.41) is 9.79. The maximum absolute atomic E-state index is 9.67. The molecular formula is C14H14BCl2F4N3. The summed E-state index contributed by atoms with van der Waals surface area (Å²) in [5.41, 5.74) is 8.70. The minimum atomic E-state index is -3.67. The van der Waals surface area contributed by atoms with Crippen LogP contribution in [-0.2, 0) is 0 Å². The molecule has 0 aromatic heterocycles. The maximum atomic E-state index is 9.67. The zero-order valence-corrected chi connectivity index (χ0v) is 14.3. The van der Waals surface area contributed by atoms with Crippen molar-refractivity contribution >= 4 is 42.1 Å². The molecule has 0 saturated carbocycles. The first-order valence-electron chi connectivity index (χ1n) is 6.22. The standard InChI is InChI=1S/C7H6ClN2.C7H8ClN.BF3.FH/c1-5-4-6(10-9)2-3-7(5)8;1-5-4-6(9)2-3-7(5)8;2-1(3)4;/h2-4H,1H3;2-4H,9H2,1H3;;1H/q+1;;;/p-1. The molecule has 2 aromatic carbocycles. The second kappa shape index (κ2) is 12.4. The minimum Gasteiger partial charge on any atom is -1.00 e. The lowest BCUT2D eigenvalue weighted by atomic mass is 10.2. The van der Waals surface area contributed by atoms with Crippen molar-refractivity contribution in [2.75, 3.05) is 5.73 Å². The van der Waals surface area contributed by atoms with E-state index in [4.69, 9.17) is 34.3 Å². The SMILES string of the molecule is Cc1cc(N)ccc1Cl.Cc1cc([N+]#N)ccc1Cl.FB(F)F.[F-]. The van der Waals surface area contributed by atoms with E-state index < -0.39 is 7.54 Å². The highest BCUT2D eigenvalue weighted by molar-refractivity contribution is 6.33. The summed E-state index contributed by atoms with van der Waals surface area (Å²) in [5.74, 6) is 0. The van der Waals surface area contributed by atoms with Gasteiger partial charge in [0.25, 0.3) is 0 Å². The molecule has 0 spiro atoms. The Morgan fingerprint density at radius 3 is 1.71 bits per heavy atom. The van der Waals surface area contributed by atoms with Gasteiger partial charge >= 0.3 is 13.2 Å². The highest BCUT2D eigenvalue weighted by Crippen LogP contribution is 2.20. The summed E-state index contributed by atoms with van der Waals surface area (Å²) in [6.07, 6.45) is 0. The molecule has 0 heterocycles. The molecule has 0 unspecified atom stereocenters. The third-order valence-electron chi connectivity index (χ3n) is 2.44. The van der Waals surface area contributed by atoms with Crippen molar-refractivity contribution in [1.82, 2.24) is 0 Å². The molecule has 0 aliphatic heterocycles. The number of benzene rings is 2. The van der Waals surface area contributed by atoms with E-state index in [9.17, 15) is 12.9 Å². The summed E-state index contributed by atoms with van der Waals surface area (Å²) in [6, 6.07) is 10.5. The van der Waals surface area contributed by atoms with Crippen molar-refractivity contribution < 1.29 is 17.7 Å². The van der Waals surface area contributed by atoms with Gasteiger partial charge in [-0.15, -0.1) is 0 Å². The van der Waals surface area contributed by atoms with Crippen LogP contribution < -0.4 is 10.4 Å². The molecule has 2 rings (SSSR count). The predicted molar refractivity (Wildman–Crippen MR) is 90.6 cm³/mol. The molecule has 2 N–H and O–H groups in total. The summed E-state index contributed by atoms with van der Waals surface area (Å²) in [4.78, 5) is 3.01. The second-order valence-corrected chi connectivity index (χ2v) is 5.10. The number of hydrogen-bond acceptors (Lipinski definition) is 2. The lowest BCUT2D eigenvalue weighted by Crippen LogP contribution is -3.00. The highest BCUT2D eigenvalue weighted by Gasteiger charge is 2.06. The third-order valence-corrected chi connectivity index (χ3v) is 3.29. The van der Waals surface area contributed by atoms with Gasteiger partial charge in [-0.25, -0.2) is 0 Å². The molecule has 0 radical (unpaired) electrons. The Kier molecular flexibility index (Phi) is 12.6. The van der Waals surface area contributed by atoms with Gasteiger partial charge in [0.1, 0.15) is 0 Å². The van der Waals surface area contributed by atoms with Gasteiger partial charge in [0.15, 0.2) is 4.98 Å². The van der Waals surface area contributed by atoms with Crippen LogP contribution in [0.3, 0.4) is 0 Å². The van der Waals surface area contributed by atoms with Crippen LogP contribution in [0.5, 0.6) is 0 Å². The van der Waals surface area contributed by atoms with Crippen molar-refractivity contribution in [1.29, 1.82) is 5.39 Å². The monoisotopic (exact) mass is 381 g/mol. The summed E-state index contributed by atoms with van der Waals surface area (Å²) >= 11 is 11.4. The zero-order valence-electron chi connectivity index (χ0n) is 12.8. The number of nitrogen functional groups attached to an aromatic ring is 1. The van der Waals surface area contributed by atoms with E-state index in [1.165, 1.54) is 0 Å². The predicted octanol–water partition coefficient (Wildman–Crippen LogP) is 3.25. The Bertz CT molecular complexity index is 679. The fourth-order valence-corrected chi connectivity index (χ4v) is 1.59. The second-order valence-electron chi connectivity index (χ2n) is 4.29. The molecule has 24 heavy (non-hydrogen) atoms. The normalized spacial score (nSPS) is 8.42. The number of aryl methyl sites for hydroxylation is 2. The topological polar surface area (TPSA) is 54.2 Å². The summed E-state index contributed by atoms with van der Waals surface area (Å²) in [6.45, 7) is 3.79. The largest absolute Gasteiger partial charge is 1.00 e. The van der Waals surface area contributed by atoms with Crippen LogP contribution in [-0.4, -0.2) is 7.54 Å². The Morgan fingerprint density at radius 1 is 0.958 bits per heavy atom. The molecule has 0 amide bonds. The number of nitrogens with zero attached hydrogens (tertiary/aromatic N) is 2. The van der Waals surface area contributed by atoms with Gasteiger partial charge in [0, 0.05) is 27.9 Å². The van der Waals surface area contributed by atoms with Crippen molar-refractivity contribution in [3.63, 3.8) is 0 Å². The molecular weight excluding hydrogens is 368 g/mol. The smallest absolute Gasteiger partial charge is 0.762 e. The minimum absolute atomic E-state index is 0. The molecule has 130 valence electrons. The van der Waals surface area contributed by atoms with E-state index in [2.05, 4.69) is 4.98 Å². The van der Waals surface area contributed by atoms with Crippen LogP contribution in [0.4, 0.5) is 24.3 Å². The molecule has 3 nitrogen and oxygen atoms in total. The molecule has 0 aliphatic rings. The Morgan fingerprint density at radius 2 is 1.38 bits per heavy atom. The first-order valence-corrected chi connectivity index (χ1v) is 6.98. The maximum Gasteiger partial charge on any atom is 0.762 e. The summed E-state index contributed by atoms with van der Waals surface area (Å²) < 4.78 is 29.0. The van der Waals surface area contributed by atoms with E-state index in [1.807, 2.05) is 19.9 Å². The van der Waals surface area contributed by atoms with E-state index in [0.29, 0.717) is 10.7 Å².